The zero-order valence-corrected chi connectivity index (χ0v) is 19.8. The van der Waals surface area contributed by atoms with E-state index in [-0.39, 0.29) is 17.0 Å². The van der Waals surface area contributed by atoms with E-state index in [1.54, 1.807) is 7.11 Å². The number of aromatic nitrogens is 3. The summed E-state index contributed by atoms with van der Waals surface area (Å²) in [7, 11) is 1.64. The van der Waals surface area contributed by atoms with Gasteiger partial charge >= 0.3 is 0 Å². The second-order valence-corrected chi connectivity index (χ2v) is 10.3. The number of carbonyl (C=O) groups excluding carboxylic acids is 1. The minimum absolute atomic E-state index is 0.00866. The van der Waals surface area contributed by atoms with E-state index in [9.17, 15) is 4.79 Å². The van der Waals surface area contributed by atoms with Crippen molar-refractivity contribution >= 4 is 34.5 Å². The first kappa shape index (κ1) is 21.7. The highest BCUT2D eigenvalue weighted by molar-refractivity contribution is 8.00. The molecule has 3 aromatic heterocycles. The molecule has 0 aromatic carbocycles. The molecular formula is C24H27N7O2S. The highest BCUT2D eigenvalue weighted by Crippen LogP contribution is 2.44. The monoisotopic (exact) mass is 477 g/mol. The van der Waals surface area contributed by atoms with Crippen LogP contribution >= 0.6 is 11.8 Å². The first-order valence-corrected chi connectivity index (χ1v) is 12.5. The molecule has 2 atom stereocenters. The van der Waals surface area contributed by atoms with Crippen LogP contribution in [0.15, 0.2) is 41.4 Å². The van der Waals surface area contributed by atoms with E-state index in [0.717, 1.165) is 54.1 Å². The van der Waals surface area contributed by atoms with Crippen LogP contribution < -0.4 is 26.0 Å². The second-order valence-electron chi connectivity index (χ2n) is 9.24. The van der Waals surface area contributed by atoms with Crippen LogP contribution in [0.4, 0.5) is 5.82 Å². The molecule has 0 aliphatic carbocycles. The SMILES string of the molecule is COc1ccc2nccc(C34CNC(CCNCc5ccc6c(n5)NC(=O)CS6)(CN3)C4)c2n1. The maximum atomic E-state index is 11.6. The van der Waals surface area contributed by atoms with Crippen LogP contribution in [0, 0.1) is 0 Å². The van der Waals surface area contributed by atoms with Crippen molar-refractivity contribution < 1.29 is 9.53 Å². The Balaban J connectivity index is 1.11. The van der Waals surface area contributed by atoms with Crippen molar-refractivity contribution in [2.45, 2.75) is 35.4 Å². The molecule has 3 aromatic rings. The predicted molar refractivity (Wildman–Crippen MR) is 131 cm³/mol. The van der Waals surface area contributed by atoms with E-state index in [0.29, 0.717) is 24.0 Å². The largest absolute Gasteiger partial charge is 0.481 e. The summed E-state index contributed by atoms with van der Waals surface area (Å²) >= 11 is 1.53. The molecule has 3 aliphatic rings. The highest BCUT2D eigenvalue weighted by atomic mass is 32.2. The Hall–Kier alpha value is -2.79. The van der Waals surface area contributed by atoms with Gasteiger partial charge in [-0.25, -0.2) is 9.97 Å². The molecule has 2 unspecified atom stereocenters. The van der Waals surface area contributed by atoms with Gasteiger partial charge in [0.25, 0.3) is 0 Å². The number of nitrogens with zero attached hydrogens (tertiary/aromatic N) is 3. The summed E-state index contributed by atoms with van der Waals surface area (Å²) in [4.78, 5) is 26.5. The van der Waals surface area contributed by atoms with Gasteiger partial charge in [-0.2, -0.15) is 0 Å². The van der Waals surface area contributed by atoms with Gasteiger partial charge in [-0.05, 0) is 43.7 Å². The number of ether oxygens (including phenoxy) is 1. The smallest absolute Gasteiger partial charge is 0.235 e. The Bertz CT molecular complexity index is 1260. The summed E-state index contributed by atoms with van der Waals surface area (Å²) in [6.45, 7) is 3.30. The normalized spacial score (nSPS) is 25.4. The molecule has 6 rings (SSSR count). The molecule has 2 fully saturated rings. The summed E-state index contributed by atoms with van der Waals surface area (Å²) in [6, 6.07) is 9.97. The van der Waals surface area contributed by atoms with Crippen LogP contribution in [0.3, 0.4) is 0 Å². The Morgan fingerprint density at radius 1 is 1.15 bits per heavy atom. The van der Waals surface area contributed by atoms with E-state index in [1.165, 1.54) is 17.3 Å². The first-order valence-electron chi connectivity index (χ1n) is 11.5. The number of pyridine rings is 3. The summed E-state index contributed by atoms with van der Waals surface area (Å²) < 4.78 is 5.36. The average Bonchev–Trinajstić information content (AvgIpc) is 3.43. The Kier molecular flexibility index (Phi) is 5.40. The van der Waals surface area contributed by atoms with Gasteiger partial charge in [0.1, 0.15) is 5.82 Å². The van der Waals surface area contributed by atoms with Crippen molar-refractivity contribution in [3.05, 3.63) is 47.8 Å². The molecule has 176 valence electrons. The zero-order valence-electron chi connectivity index (χ0n) is 19.0. The Morgan fingerprint density at radius 2 is 2.09 bits per heavy atom. The standard InChI is InChI=1S/C24H27N7O2S/c1-33-20-5-3-17-21(31-20)16(6-8-26-17)24-12-23(13-28-24,27-14-24)7-9-25-10-15-2-4-18-22(29-15)30-19(32)11-34-18/h2-6,8,25,27-28H,7,9-14H2,1H3,(H,29,30,32). The van der Waals surface area contributed by atoms with Crippen LogP contribution in [-0.4, -0.2) is 58.9 Å². The second kappa shape index (κ2) is 8.46. The lowest BCUT2D eigenvalue weighted by Gasteiger charge is -2.31. The lowest BCUT2D eigenvalue weighted by molar-refractivity contribution is -0.113. The minimum atomic E-state index is -0.156. The minimum Gasteiger partial charge on any atom is -0.481 e. The molecule has 9 nitrogen and oxygen atoms in total. The van der Waals surface area contributed by atoms with Gasteiger partial charge in [0.05, 0.1) is 40.0 Å². The van der Waals surface area contributed by atoms with Crippen LogP contribution in [0.5, 0.6) is 5.88 Å². The fourth-order valence-electron chi connectivity index (χ4n) is 5.33. The number of piperazine rings is 1. The van der Waals surface area contributed by atoms with Gasteiger partial charge < -0.3 is 26.0 Å². The molecule has 6 heterocycles. The Morgan fingerprint density at radius 3 is 2.94 bits per heavy atom. The third-order valence-electron chi connectivity index (χ3n) is 7.07. The topological polar surface area (TPSA) is 113 Å². The number of hydrogen-bond acceptors (Lipinski definition) is 9. The van der Waals surface area contributed by atoms with E-state index >= 15 is 0 Å². The number of anilines is 1. The number of rotatable bonds is 7. The molecule has 1 amide bonds. The molecule has 10 heteroatoms. The number of nitrogens with one attached hydrogen (secondary N) is 4. The van der Waals surface area contributed by atoms with Crippen molar-refractivity contribution in [2.24, 2.45) is 0 Å². The number of methoxy groups -OCH3 is 1. The summed E-state index contributed by atoms with van der Waals surface area (Å²) in [6.07, 6.45) is 3.87. The molecule has 0 radical (unpaired) electrons. The molecule has 3 aliphatic heterocycles. The molecule has 34 heavy (non-hydrogen) atoms. The van der Waals surface area contributed by atoms with E-state index in [2.05, 4.69) is 37.3 Å². The third kappa shape index (κ3) is 3.80. The number of hydrogen-bond donors (Lipinski definition) is 4. The van der Waals surface area contributed by atoms with E-state index in [1.807, 2.05) is 30.5 Å². The summed E-state index contributed by atoms with van der Waals surface area (Å²) in [5, 5.41) is 14.0. The summed E-state index contributed by atoms with van der Waals surface area (Å²) in [5.74, 6) is 1.74. The van der Waals surface area contributed by atoms with Gasteiger partial charge in [-0.15, -0.1) is 11.8 Å². The molecule has 4 N–H and O–H groups in total. The molecule has 0 saturated carbocycles. The fraction of sp³-hybridized carbons (Fsp3) is 0.417. The van der Waals surface area contributed by atoms with Crippen molar-refractivity contribution in [1.82, 2.24) is 30.9 Å². The molecule has 0 spiro atoms. The zero-order chi connectivity index (χ0) is 23.2. The van der Waals surface area contributed by atoms with Crippen LogP contribution in [0.1, 0.15) is 24.1 Å². The van der Waals surface area contributed by atoms with Gasteiger partial charge in [-0.3, -0.25) is 9.78 Å². The Labute approximate surface area is 201 Å². The van der Waals surface area contributed by atoms with Gasteiger partial charge in [0.2, 0.25) is 11.8 Å². The molecule has 2 bridgehead atoms. The van der Waals surface area contributed by atoms with Gasteiger partial charge in [0, 0.05) is 43.0 Å². The van der Waals surface area contributed by atoms with Crippen LogP contribution in [0.2, 0.25) is 0 Å². The van der Waals surface area contributed by atoms with Crippen LogP contribution in [-0.2, 0) is 16.9 Å². The number of thioether (sulfide) groups is 1. The molecule has 2 saturated heterocycles. The highest BCUT2D eigenvalue weighted by Gasteiger charge is 2.55. The average molecular weight is 478 g/mol. The summed E-state index contributed by atoms with van der Waals surface area (Å²) in [5.41, 5.74) is 3.77. The quantitative estimate of drug-likeness (QED) is 0.378. The maximum absolute atomic E-state index is 11.6. The first-order chi connectivity index (χ1) is 16.6. The predicted octanol–water partition coefficient (Wildman–Crippen LogP) is 1.79. The maximum Gasteiger partial charge on any atom is 0.235 e. The number of carbonyl (C=O) groups is 1. The van der Waals surface area contributed by atoms with Crippen molar-refractivity contribution in [1.29, 1.82) is 0 Å². The van der Waals surface area contributed by atoms with E-state index in [4.69, 9.17) is 9.72 Å². The van der Waals surface area contributed by atoms with Crippen molar-refractivity contribution in [2.75, 3.05) is 37.8 Å². The van der Waals surface area contributed by atoms with Crippen molar-refractivity contribution in [3.63, 3.8) is 0 Å². The van der Waals surface area contributed by atoms with E-state index < -0.39 is 0 Å². The lowest BCUT2D eigenvalue weighted by Crippen LogP contribution is -2.53. The third-order valence-corrected chi connectivity index (χ3v) is 8.12. The molecular weight excluding hydrogens is 450 g/mol. The van der Waals surface area contributed by atoms with Gasteiger partial charge in [-0.1, -0.05) is 0 Å². The number of amides is 1. The lowest BCUT2D eigenvalue weighted by atomic mass is 9.85. The van der Waals surface area contributed by atoms with Gasteiger partial charge in [0.15, 0.2) is 0 Å². The van der Waals surface area contributed by atoms with Crippen molar-refractivity contribution in [3.8, 4) is 5.88 Å². The number of fused-ring (bicyclic) bond motifs is 4. The fourth-order valence-corrected chi connectivity index (χ4v) is 6.09. The van der Waals surface area contributed by atoms with Crippen LogP contribution in [0.25, 0.3) is 11.0 Å².